The molecule has 2 rings (SSSR count). The molecule has 1 heterocycles. The third-order valence-corrected chi connectivity index (χ3v) is 2.53. The second-order valence-corrected chi connectivity index (χ2v) is 3.81. The van der Waals surface area contributed by atoms with Gasteiger partial charge in [-0.25, -0.2) is 9.97 Å². The highest BCUT2D eigenvalue weighted by atomic mass is 14.9. The van der Waals surface area contributed by atoms with E-state index in [1.807, 2.05) is 12.4 Å². The van der Waals surface area contributed by atoms with E-state index >= 15 is 0 Å². The molecule has 0 N–H and O–H groups in total. The molecule has 0 aliphatic heterocycles. The van der Waals surface area contributed by atoms with Gasteiger partial charge in [0.2, 0.25) is 0 Å². The van der Waals surface area contributed by atoms with Crippen LogP contribution in [0.15, 0.2) is 12.4 Å². The van der Waals surface area contributed by atoms with Crippen molar-refractivity contribution in [1.29, 1.82) is 0 Å². The van der Waals surface area contributed by atoms with Crippen LogP contribution < -0.4 is 0 Å². The fraction of sp³-hybridized carbons (Fsp3) is 0.636. The first-order valence-corrected chi connectivity index (χ1v) is 5.21. The van der Waals surface area contributed by atoms with Crippen LogP contribution in [0.5, 0.6) is 0 Å². The molecule has 0 bridgehead atoms. The minimum Gasteiger partial charge on any atom is -0.241 e. The lowest BCUT2D eigenvalue weighted by atomic mass is 10.2. The van der Waals surface area contributed by atoms with Gasteiger partial charge in [0.25, 0.3) is 0 Å². The van der Waals surface area contributed by atoms with Gasteiger partial charge in [0, 0.05) is 18.8 Å². The first kappa shape index (κ1) is 8.67. The maximum atomic E-state index is 4.37. The maximum Gasteiger partial charge on any atom is 0.128 e. The fourth-order valence-electron chi connectivity index (χ4n) is 1.46. The molecule has 0 unspecified atom stereocenters. The quantitative estimate of drug-likeness (QED) is 0.705. The Morgan fingerprint density at radius 1 is 1.31 bits per heavy atom. The number of aryl methyl sites for hydroxylation is 1. The van der Waals surface area contributed by atoms with Crippen molar-refractivity contribution >= 4 is 0 Å². The van der Waals surface area contributed by atoms with Crippen molar-refractivity contribution in [2.75, 3.05) is 0 Å². The molecule has 0 aromatic carbocycles. The lowest BCUT2D eigenvalue weighted by Crippen LogP contribution is -1.95. The third kappa shape index (κ3) is 2.27. The SMILES string of the molecule is CCCCc1ncc(C2CC2)cn1. The molecular weight excluding hydrogens is 160 g/mol. The molecule has 1 aliphatic carbocycles. The van der Waals surface area contributed by atoms with Crippen LogP contribution in [0, 0.1) is 0 Å². The van der Waals surface area contributed by atoms with E-state index in [1.54, 1.807) is 0 Å². The zero-order chi connectivity index (χ0) is 9.10. The molecule has 1 aromatic heterocycles. The van der Waals surface area contributed by atoms with Gasteiger partial charge < -0.3 is 0 Å². The van der Waals surface area contributed by atoms with Gasteiger partial charge in [-0.05, 0) is 30.7 Å². The summed E-state index contributed by atoms with van der Waals surface area (Å²) >= 11 is 0. The van der Waals surface area contributed by atoms with Gasteiger partial charge in [-0.2, -0.15) is 0 Å². The number of hydrogen-bond donors (Lipinski definition) is 0. The van der Waals surface area contributed by atoms with E-state index in [2.05, 4.69) is 16.9 Å². The minimum atomic E-state index is 0.778. The fourth-order valence-corrected chi connectivity index (χ4v) is 1.46. The van der Waals surface area contributed by atoms with Crippen LogP contribution in [0.25, 0.3) is 0 Å². The van der Waals surface area contributed by atoms with E-state index in [9.17, 15) is 0 Å². The Morgan fingerprint density at radius 3 is 2.54 bits per heavy atom. The highest BCUT2D eigenvalue weighted by Crippen LogP contribution is 2.39. The molecule has 1 aromatic rings. The Balaban J connectivity index is 1.96. The van der Waals surface area contributed by atoms with E-state index in [4.69, 9.17) is 0 Å². The molecule has 0 atom stereocenters. The van der Waals surface area contributed by atoms with Crippen molar-refractivity contribution in [3.05, 3.63) is 23.8 Å². The monoisotopic (exact) mass is 176 g/mol. The molecule has 70 valence electrons. The van der Waals surface area contributed by atoms with Gasteiger partial charge in [0.05, 0.1) is 0 Å². The molecule has 1 aliphatic rings. The number of unbranched alkanes of at least 4 members (excludes halogenated alkanes) is 1. The van der Waals surface area contributed by atoms with Crippen LogP contribution in [-0.2, 0) is 6.42 Å². The summed E-state index contributed by atoms with van der Waals surface area (Å²) in [7, 11) is 0. The van der Waals surface area contributed by atoms with Crippen molar-refractivity contribution in [2.24, 2.45) is 0 Å². The molecule has 2 nitrogen and oxygen atoms in total. The van der Waals surface area contributed by atoms with Crippen LogP contribution in [0.1, 0.15) is 49.9 Å². The summed E-state index contributed by atoms with van der Waals surface area (Å²) in [6, 6.07) is 0. The molecule has 0 radical (unpaired) electrons. The lowest BCUT2D eigenvalue weighted by Gasteiger charge is -1.99. The first-order chi connectivity index (χ1) is 6.40. The average Bonchev–Trinajstić information content (AvgIpc) is 2.99. The lowest BCUT2D eigenvalue weighted by molar-refractivity contribution is 0.748. The Bertz CT molecular complexity index is 262. The van der Waals surface area contributed by atoms with E-state index in [1.165, 1.54) is 31.2 Å². The normalized spacial score (nSPS) is 16.1. The van der Waals surface area contributed by atoms with Crippen molar-refractivity contribution in [2.45, 2.75) is 44.9 Å². The largest absolute Gasteiger partial charge is 0.241 e. The summed E-state index contributed by atoms with van der Waals surface area (Å²) in [5.74, 6) is 1.78. The zero-order valence-corrected chi connectivity index (χ0v) is 8.16. The first-order valence-electron chi connectivity index (χ1n) is 5.21. The topological polar surface area (TPSA) is 25.8 Å². The second kappa shape index (κ2) is 3.86. The van der Waals surface area contributed by atoms with Crippen molar-refractivity contribution < 1.29 is 0 Å². The number of nitrogens with zero attached hydrogens (tertiary/aromatic N) is 2. The van der Waals surface area contributed by atoms with Crippen LogP contribution in [-0.4, -0.2) is 9.97 Å². The molecule has 13 heavy (non-hydrogen) atoms. The Morgan fingerprint density at radius 2 is 2.00 bits per heavy atom. The van der Waals surface area contributed by atoms with Crippen LogP contribution in [0.4, 0.5) is 0 Å². The molecular formula is C11H16N2. The highest BCUT2D eigenvalue weighted by Gasteiger charge is 2.23. The number of hydrogen-bond acceptors (Lipinski definition) is 2. The van der Waals surface area contributed by atoms with E-state index in [0.717, 1.165) is 18.2 Å². The maximum absolute atomic E-state index is 4.37. The third-order valence-electron chi connectivity index (χ3n) is 2.53. The van der Waals surface area contributed by atoms with Crippen LogP contribution in [0.3, 0.4) is 0 Å². The standard InChI is InChI=1S/C11H16N2/c1-2-3-4-11-12-7-10(8-13-11)9-5-6-9/h7-9H,2-6H2,1H3. The van der Waals surface area contributed by atoms with Crippen molar-refractivity contribution in [1.82, 2.24) is 9.97 Å². The molecule has 0 amide bonds. The summed E-state index contributed by atoms with van der Waals surface area (Å²) in [4.78, 5) is 8.73. The zero-order valence-electron chi connectivity index (χ0n) is 8.16. The van der Waals surface area contributed by atoms with E-state index in [-0.39, 0.29) is 0 Å². The van der Waals surface area contributed by atoms with Crippen LogP contribution in [0.2, 0.25) is 0 Å². The van der Waals surface area contributed by atoms with E-state index in [0.29, 0.717) is 0 Å². The van der Waals surface area contributed by atoms with Gasteiger partial charge >= 0.3 is 0 Å². The molecule has 1 saturated carbocycles. The predicted octanol–water partition coefficient (Wildman–Crippen LogP) is 2.70. The number of rotatable bonds is 4. The number of aromatic nitrogens is 2. The minimum absolute atomic E-state index is 0.778. The van der Waals surface area contributed by atoms with Crippen LogP contribution >= 0.6 is 0 Å². The summed E-state index contributed by atoms with van der Waals surface area (Å²) in [6.07, 6.45) is 10.1. The Kier molecular flexibility index (Phi) is 2.57. The van der Waals surface area contributed by atoms with E-state index < -0.39 is 0 Å². The predicted molar refractivity (Wildman–Crippen MR) is 52.6 cm³/mol. The summed E-state index contributed by atoms with van der Waals surface area (Å²) in [6.45, 7) is 2.19. The molecule has 2 heteroatoms. The second-order valence-electron chi connectivity index (χ2n) is 3.81. The van der Waals surface area contributed by atoms with Gasteiger partial charge in [-0.15, -0.1) is 0 Å². The van der Waals surface area contributed by atoms with Crippen molar-refractivity contribution in [3.63, 3.8) is 0 Å². The summed E-state index contributed by atoms with van der Waals surface area (Å²) in [5.41, 5.74) is 1.33. The average molecular weight is 176 g/mol. The highest BCUT2D eigenvalue weighted by molar-refractivity contribution is 5.16. The Labute approximate surface area is 79.4 Å². The molecule has 1 fully saturated rings. The smallest absolute Gasteiger partial charge is 0.128 e. The van der Waals surface area contributed by atoms with Gasteiger partial charge in [0.1, 0.15) is 5.82 Å². The van der Waals surface area contributed by atoms with Gasteiger partial charge in [-0.1, -0.05) is 13.3 Å². The van der Waals surface area contributed by atoms with Gasteiger partial charge in [-0.3, -0.25) is 0 Å². The van der Waals surface area contributed by atoms with Gasteiger partial charge in [0.15, 0.2) is 0 Å². The molecule has 0 saturated heterocycles. The summed E-state index contributed by atoms with van der Waals surface area (Å²) < 4.78 is 0. The molecule has 0 spiro atoms. The van der Waals surface area contributed by atoms with Crippen molar-refractivity contribution in [3.8, 4) is 0 Å². The Hall–Kier alpha value is -0.920. The summed E-state index contributed by atoms with van der Waals surface area (Å²) in [5, 5.41) is 0.